The molecule has 0 aromatic carbocycles. The third kappa shape index (κ3) is 6.50. The quantitative estimate of drug-likeness (QED) is 0.707. The van der Waals surface area contributed by atoms with Gasteiger partial charge in [-0.1, -0.05) is 27.2 Å². The predicted molar refractivity (Wildman–Crippen MR) is 62.8 cm³/mol. The molecule has 0 aromatic heterocycles. The minimum absolute atomic E-state index is 0.129. The molecule has 1 aliphatic heterocycles. The maximum atomic E-state index is 11.3. The van der Waals surface area contributed by atoms with Crippen LogP contribution < -0.4 is 0 Å². The van der Waals surface area contributed by atoms with Gasteiger partial charge in [0.25, 0.3) is 0 Å². The van der Waals surface area contributed by atoms with Crippen molar-refractivity contribution in [1.29, 1.82) is 0 Å². The van der Waals surface area contributed by atoms with Crippen molar-refractivity contribution in [1.82, 2.24) is 4.90 Å². The lowest BCUT2D eigenvalue weighted by Crippen LogP contribution is -2.40. The lowest BCUT2D eigenvalue weighted by molar-refractivity contribution is -0.136. The van der Waals surface area contributed by atoms with E-state index < -0.39 is 0 Å². The molecule has 0 bridgehead atoms. The zero-order valence-corrected chi connectivity index (χ0v) is 10.6. The molecule has 1 atom stereocenters. The molecule has 0 N–H and O–H groups in total. The Kier molecular flexibility index (Phi) is 8.38. The summed E-state index contributed by atoms with van der Waals surface area (Å²) in [5.41, 5.74) is 0. The summed E-state index contributed by atoms with van der Waals surface area (Å²) in [4.78, 5) is 13.2. The maximum absolute atomic E-state index is 11.3. The van der Waals surface area contributed by atoms with Gasteiger partial charge in [0.05, 0.1) is 0 Å². The van der Waals surface area contributed by atoms with Crippen LogP contribution in [0.25, 0.3) is 0 Å². The van der Waals surface area contributed by atoms with Crippen molar-refractivity contribution in [3.05, 3.63) is 0 Å². The van der Waals surface area contributed by atoms with Gasteiger partial charge in [0, 0.05) is 20.2 Å². The summed E-state index contributed by atoms with van der Waals surface area (Å²) in [6, 6.07) is 0. The molecule has 0 radical (unpaired) electrons. The average molecular weight is 215 g/mol. The fraction of sp³-hybridized carbons (Fsp3) is 0.917. The predicted octanol–water partition coefficient (Wildman–Crippen LogP) is 2.31. The highest BCUT2D eigenvalue weighted by Crippen LogP contribution is 2.15. The molecule has 90 valence electrons. The summed E-state index contributed by atoms with van der Waals surface area (Å²) in [6.07, 6.45) is 3.63. The summed E-state index contributed by atoms with van der Waals surface area (Å²) in [5.74, 6) is 0.781. The van der Waals surface area contributed by atoms with Crippen LogP contribution in [-0.2, 0) is 9.53 Å². The molecular formula is C12H25NO2. The van der Waals surface area contributed by atoms with Crippen molar-refractivity contribution in [2.75, 3.05) is 26.8 Å². The number of likely N-dealkylation sites (tertiary alicyclic amines) is 1. The monoisotopic (exact) mass is 215 g/mol. The molecule has 3 heteroatoms. The molecular weight excluding hydrogens is 190 g/mol. The molecule has 15 heavy (non-hydrogen) atoms. The lowest BCUT2D eigenvalue weighted by Gasteiger charge is -2.30. The van der Waals surface area contributed by atoms with Gasteiger partial charge in [-0.15, -0.1) is 0 Å². The Labute approximate surface area is 93.8 Å². The first-order valence-corrected chi connectivity index (χ1v) is 5.92. The van der Waals surface area contributed by atoms with Gasteiger partial charge >= 0.3 is 0 Å². The first-order chi connectivity index (χ1) is 7.15. The van der Waals surface area contributed by atoms with E-state index in [1.807, 2.05) is 4.90 Å². The van der Waals surface area contributed by atoms with E-state index >= 15 is 0 Å². The Morgan fingerprint density at radius 1 is 1.47 bits per heavy atom. The molecule has 0 spiro atoms. The van der Waals surface area contributed by atoms with Gasteiger partial charge in [-0.2, -0.15) is 0 Å². The largest absolute Gasteiger partial charge is 0.375 e. The van der Waals surface area contributed by atoms with Crippen LogP contribution in [0.1, 0.15) is 40.0 Å². The Balaban J connectivity index is 0.000000583. The Morgan fingerprint density at radius 2 is 2.07 bits per heavy atom. The van der Waals surface area contributed by atoms with E-state index in [9.17, 15) is 4.79 Å². The second-order valence-corrected chi connectivity index (χ2v) is 4.23. The normalized spacial score (nSPS) is 20.5. The van der Waals surface area contributed by atoms with Gasteiger partial charge in [0.1, 0.15) is 6.61 Å². The molecule has 0 saturated carbocycles. The molecule has 1 rings (SSSR count). The zero-order chi connectivity index (χ0) is 11.7. The molecule has 1 aliphatic rings. The topological polar surface area (TPSA) is 29.5 Å². The number of hydrogen-bond donors (Lipinski definition) is 0. The van der Waals surface area contributed by atoms with E-state index in [-0.39, 0.29) is 12.5 Å². The van der Waals surface area contributed by atoms with Gasteiger partial charge in [-0.25, -0.2) is 0 Å². The van der Waals surface area contributed by atoms with E-state index in [2.05, 4.69) is 20.8 Å². The van der Waals surface area contributed by atoms with E-state index in [0.717, 1.165) is 19.5 Å². The van der Waals surface area contributed by atoms with Crippen LogP contribution in [-0.4, -0.2) is 37.6 Å². The third-order valence-corrected chi connectivity index (χ3v) is 2.28. The van der Waals surface area contributed by atoms with Crippen LogP contribution in [0.4, 0.5) is 0 Å². The molecule has 1 heterocycles. The molecule has 1 fully saturated rings. The number of methoxy groups -OCH3 is 1. The Bertz CT molecular complexity index is 171. The zero-order valence-electron chi connectivity index (χ0n) is 10.6. The molecule has 1 saturated heterocycles. The molecule has 1 amide bonds. The van der Waals surface area contributed by atoms with Gasteiger partial charge in [0.15, 0.2) is 0 Å². The Morgan fingerprint density at radius 3 is 2.53 bits per heavy atom. The van der Waals surface area contributed by atoms with Gasteiger partial charge < -0.3 is 9.64 Å². The molecule has 1 unspecified atom stereocenters. The number of hydrogen-bond acceptors (Lipinski definition) is 2. The summed E-state index contributed by atoms with van der Waals surface area (Å²) in [7, 11) is 1.56. The summed E-state index contributed by atoms with van der Waals surface area (Å²) >= 11 is 0. The van der Waals surface area contributed by atoms with Gasteiger partial charge in [-0.05, 0) is 18.8 Å². The minimum atomic E-state index is 0.129. The van der Waals surface area contributed by atoms with Crippen molar-refractivity contribution in [2.24, 2.45) is 5.92 Å². The van der Waals surface area contributed by atoms with Gasteiger partial charge in [0.2, 0.25) is 5.91 Å². The van der Waals surface area contributed by atoms with Crippen molar-refractivity contribution in [3.8, 4) is 0 Å². The van der Waals surface area contributed by atoms with Crippen molar-refractivity contribution >= 4 is 5.91 Å². The summed E-state index contributed by atoms with van der Waals surface area (Å²) in [5, 5.41) is 0. The smallest absolute Gasteiger partial charge is 0.248 e. The lowest BCUT2D eigenvalue weighted by atomic mass is 10.0. The van der Waals surface area contributed by atoms with Crippen molar-refractivity contribution in [3.63, 3.8) is 0 Å². The number of amides is 1. The fourth-order valence-electron chi connectivity index (χ4n) is 1.63. The summed E-state index contributed by atoms with van der Waals surface area (Å²) in [6.45, 7) is 8.48. The standard InChI is InChI=1S/C9H17NO2.C3H8/c1-8-4-3-5-10(6-8)9(11)7-12-2;1-3-2/h8H,3-7H2,1-2H3;3H2,1-2H3. The highest BCUT2D eigenvalue weighted by molar-refractivity contribution is 5.77. The number of rotatable bonds is 2. The maximum Gasteiger partial charge on any atom is 0.248 e. The van der Waals surface area contributed by atoms with Crippen LogP contribution >= 0.6 is 0 Å². The number of carbonyl (C=O) groups excluding carboxylic acids is 1. The molecule has 3 nitrogen and oxygen atoms in total. The van der Waals surface area contributed by atoms with Gasteiger partial charge in [-0.3, -0.25) is 4.79 Å². The second-order valence-electron chi connectivity index (χ2n) is 4.23. The van der Waals surface area contributed by atoms with E-state index in [1.54, 1.807) is 7.11 Å². The molecule has 0 aliphatic carbocycles. The van der Waals surface area contributed by atoms with Crippen molar-refractivity contribution < 1.29 is 9.53 Å². The summed E-state index contributed by atoms with van der Waals surface area (Å²) < 4.78 is 4.80. The average Bonchev–Trinajstić information content (AvgIpc) is 2.19. The first kappa shape index (κ1) is 14.4. The number of piperidine rings is 1. The van der Waals surface area contributed by atoms with Crippen LogP contribution in [0.15, 0.2) is 0 Å². The SMILES string of the molecule is CCC.COCC(=O)N1CCCC(C)C1. The molecule has 0 aromatic rings. The highest BCUT2D eigenvalue weighted by Gasteiger charge is 2.20. The van der Waals surface area contributed by atoms with Crippen LogP contribution in [0.3, 0.4) is 0 Å². The second kappa shape index (κ2) is 8.72. The van der Waals surface area contributed by atoms with E-state index in [0.29, 0.717) is 5.92 Å². The van der Waals surface area contributed by atoms with Crippen LogP contribution in [0.5, 0.6) is 0 Å². The van der Waals surface area contributed by atoms with Crippen LogP contribution in [0.2, 0.25) is 0 Å². The fourth-order valence-corrected chi connectivity index (χ4v) is 1.63. The van der Waals surface area contributed by atoms with E-state index in [4.69, 9.17) is 4.74 Å². The third-order valence-electron chi connectivity index (χ3n) is 2.28. The Hall–Kier alpha value is -0.570. The van der Waals surface area contributed by atoms with Crippen LogP contribution in [0, 0.1) is 5.92 Å². The highest BCUT2D eigenvalue weighted by atomic mass is 16.5. The number of nitrogens with zero attached hydrogens (tertiary/aromatic N) is 1. The number of ether oxygens (including phenoxy) is 1. The number of carbonyl (C=O) groups is 1. The first-order valence-electron chi connectivity index (χ1n) is 5.92. The van der Waals surface area contributed by atoms with E-state index in [1.165, 1.54) is 12.8 Å². The van der Waals surface area contributed by atoms with Crippen molar-refractivity contribution in [2.45, 2.75) is 40.0 Å². The minimum Gasteiger partial charge on any atom is -0.375 e.